The molecule has 0 saturated carbocycles. The van der Waals surface area contributed by atoms with Gasteiger partial charge in [0.15, 0.2) is 0 Å². The molecule has 0 aliphatic rings. The zero-order chi connectivity index (χ0) is 12.1. The highest BCUT2D eigenvalue weighted by Gasteiger charge is 1.93. The van der Waals surface area contributed by atoms with Crippen LogP contribution in [0.4, 0.5) is 0 Å². The van der Waals surface area contributed by atoms with Crippen LogP contribution < -0.4 is 16.4 Å². The summed E-state index contributed by atoms with van der Waals surface area (Å²) in [5.41, 5.74) is 5.37. The highest BCUT2D eigenvalue weighted by Crippen LogP contribution is 1.86. The lowest BCUT2D eigenvalue weighted by molar-refractivity contribution is -0.306. The lowest BCUT2D eigenvalue weighted by Crippen LogP contribution is -2.24. The molecule has 0 saturated heterocycles. The molecule has 0 aromatic rings. The molecule has 0 bridgehead atoms. The molecule has 0 fully saturated rings. The van der Waals surface area contributed by atoms with E-state index in [-0.39, 0.29) is 11.8 Å². The number of hydroxylamine groups is 2. The Bertz CT molecular complexity index is 136. The molecule has 0 atom stereocenters. The summed E-state index contributed by atoms with van der Waals surface area (Å²) in [6, 6.07) is 0. The van der Waals surface area contributed by atoms with E-state index >= 15 is 0 Å². The van der Waals surface area contributed by atoms with Crippen LogP contribution in [-0.4, -0.2) is 54.9 Å². The van der Waals surface area contributed by atoms with Gasteiger partial charge in [-0.15, -0.1) is 0 Å². The van der Waals surface area contributed by atoms with E-state index in [2.05, 4.69) is 10.6 Å². The first-order chi connectivity index (χ1) is 7.77. The van der Waals surface area contributed by atoms with Gasteiger partial charge in [-0.25, -0.2) is 0 Å². The molecule has 0 spiro atoms. The first kappa shape index (κ1) is 15.8. The number of unbranched alkanes of at least 4 members (excludes halogenated alkanes) is 1. The van der Waals surface area contributed by atoms with Crippen LogP contribution in [-0.2, 0) is 0 Å². The zero-order valence-corrected chi connectivity index (χ0v) is 9.99. The smallest absolute Gasteiger partial charge is 0.0524 e. The largest absolute Gasteiger partial charge is 0.330 e. The average Bonchev–Trinajstić information content (AvgIpc) is 2.25. The Labute approximate surface area is 97.7 Å². The highest BCUT2D eigenvalue weighted by molar-refractivity contribution is 4.52. The molecule has 0 amide bonds. The molecular formula is C10H26N4O2. The van der Waals surface area contributed by atoms with E-state index in [0.29, 0.717) is 0 Å². The fraction of sp³-hybridized carbons (Fsp3) is 1.00. The Balaban J connectivity index is 2.88. The Hall–Kier alpha value is -0.240. The summed E-state index contributed by atoms with van der Waals surface area (Å²) in [6.07, 6.45) is 4.07. The number of nitrogens with zero attached hydrogens (tertiary/aromatic N) is 1. The second-order valence-corrected chi connectivity index (χ2v) is 3.80. The van der Waals surface area contributed by atoms with Crippen molar-refractivity contribution in [2.24, 2.45) is 5.73 Å². The van der Waals surface area contributed by atoms with Crippen molar-refractivity contribution in [3.8, 4) is 0 Å². The number of nitrogens with one attached hydrogen (secondary N) is 2. The minimum Gasteiger partial charge on any atom is -0.330 e. The van der Waals surface area contributed by atoms with E-state index in [1.165, 1.54) is 0 Å². The third-order valence-corrected chi connectivity index (χ3v) is 2.23. The summed E-state index contributed by atoms with van der Waals surface area (Å²) in [5.74, 6) is 0. The maximum atomic E-state index is 8.44. The van der Waals surface area contributed by atoms with E-state index in [1.54, 1.807) is 0 Å². The van der Waals surface area contributed by atoms with Crippen molar-refractivity contribution in [3.05, 3.63) is 0 Å². The van der Waals surface area contributed by atoms with Crippen LogP contribution in [0.25, 0.3) is 0 Å². The fourth-order valence-corrected chi connectivity index (χ4v) is 1.32. The van der Waals surface area contributed by atoms with E-state index in [4.69, 9.17) is 16.1 Å². The second kappa shape index (κ2) is 12.8. The summed E-state index contributed by atoms with van der Waals surface area (Å²) < 4.78 is 0. The molecule has 0 aromatic carbocycles. The van der Waals surface area contributed by atoms with Crippen molar-refractivity contribution in [3.63, 3.8) is 0 Å². The van der Waals surface area contributed by atoms with E-state index < -0.39 is 0 Å². The van der Waals surface area contributed by atoms with Gasteiger partial charge in [0, 0.05) is 0 Å². The van der Waals surface area contributed by atoms with Crippen LogP contribution in [0.3, 0.4) is 0 Å². The molecule has 0 unspecified atom stereocenters. The van der Waals surface area contributed by atoms with Gasteiger partial charge in [-0.05, 0) is 58.4 Å². The summed E-state index contributed by atoms with van der Waals surface area (Å²) >= 11 is 0. The van der Waals surface area contributed by atoms with Crippen molar-refractivity contribution >= 4 is 0 Å². The topological polar surface area (TPSA) is 93.8 Å². The summed E-state index contributed by atoms with van der Waals surface area (Å²) in [6.45, 7) is 4.89. The molecule has 98 valence electrons. The van der Waals surface area contributed by atoms with Crippen molar-refractivity contribution in [2.75, 3.05) is 39.3 Å². The summed E-state index contributed by atoms with van der Waals surface area (Å²) in [4.78, 5) is 0. The predicted molar refractivity (Wildman–Crippen MR) is 63.5 cm³/mol. The molecule has 0 heterocycles. The van der Waals surface area contributed by atoms with Crippen LogP contribution in [0, 0.1) is 0 Å². The Morgan fingerprint density at radius 3 is 1.81 bits per heavy atom. The predicted octanol–water partition coefficient (Wildman–Crippen LogP) is -0.235. The average molecular weight is 234 g/mol. The Kier molecular flexibility index (Phi) is 12.6. The first-order valence-electron chi connectivity index (χ1n) is 6.04. The minimum atomic E-state index is 0.225. The molecule has 0 aromatic heterocycles. The van der Waals surface area contributed by atoms with Crippen LogP contribution in [0.2, 0.25) is 0 Å². The number of hydrogen-bond acceptors (Lipinski definition) is 6. The van der Waals surface area contributed by atoms with Crippen molar-refractivity contribution < 1.29 is 10.4 Å². The van der Waals surface area contributed by atoms with Gasteiger partial charge in [0.2, 0.25) is 0 Å². The van der Waals surface area contributed by atoms with Crippen LogP contribution in [0.15, 0.2) is 0 Å². The van der Waals surface area contributed by atoms with Gasteiger partial charge in [-0.1, -0.05) is 5.23 Å². The normalized spacial score (nSPS) is 11.2. The standard InChI is InChI=1S/C10H26N4O2/c11-5-3-8-12-6-1-2-7-13-9-4-10-14(15)16/h12-13,15-16H,1-11H2. The third-order valence-electron chi connectivity index (χ3n) is 2.23. The van der Waals surface area contributed by atoms with Crippen molar-refractivity contribution in [1.29, 1.82) is 0 Å². The van der Waals surface area contributed by atoms with Gasteiger partial charge >= 0.3 is 0 Å². The van der Waals surface area contributed by atoms with Crippen molar-refractivity contribution in [1.82, 2.24) is 15.9 Å². The minimum absolute atomic E-state index is 0.225. The van der Waals surface area contributed by atoms with Gasteiger partial charge in [0.05, 0.1) is 6.54 Å². The Morgan fingerprint density at radius 1 is 0.812 bits per heavy atom. The molecule has 6 nitrogen and oxygen atoms in total. The molecule has 6 heteroatoms. The molecule has 0 rings (SSSR count). The van der Waals surface area contributed by atoms with E-state index in [0.717, 1.165) is 58.4 Å². The molecule has 6 N–H and O–H groups in total. The number of hydrogen-bond donors (Lipinski definition) is 5. The molecule has 0 aliphatic heterocycles. The van der Waals surface area contributed by atoms with Crippen LogP contribution in [0.1, 0.15) is 25.7 Å². The van der Waals surface area contributed by atoms with Gasteiger partial charge in [-0.2, -0.15) is 0 Å². The van der Waals surface area contributed by atoms with Gasteiger partial charge in [-0.3, -0.25) is 10.4 Å². The second-order valence-electron chi connectivity index (χ2n) is 3.80. The fourth-order valence-electron chi connectivity index (χ4n) is 1.32. The number of nitrogens with two attached hydrogens (primary N) is 1. The summed E-state index contributed by atoms with van der Waals surface area (Å²) in [7, 11) is 0. The molecule has 0 radical (unpaired) electrons. The maximum absolute atomic E-state index is 8.44. The third kappa shape index (κ3) is 13.8. The lowest BCUT2D eigenvalue weighted by Gasteiger charge is -2.07. The van der Waals surface area contributed by atoms with Crippen LogP contribution in [0.5, 0.6) is 0 Å². The van der Waals surface area contributed by atoms with Gasteiger partial charge < -0.3 is 16.4 Å². The van der Waals surface area contributed by atoms with Crippen molar-refractivity contribution in [2.45, 2.75) is 25.7 Å². The van der Waals surface area contributed by atoms with Crippen LogP contribution >= 0.6 is 0 Å². The van der Waals surface area contributed by atoms with Gasteiger partial charge in [0.25, 0.3) is 0 Å². The van der Waals surface area contributed by atoms with Gasteiger partial charge in [0.1, 0.15) is 0 Å². The lowest BCUT2D eigenvalue weighted by atomic mass is 10.3. The van der Waals surface area contributed by atoms with E-state index in [1.807, 2.05) is 0 Å². The maximum Gasteiger partial charge on any atom is 0.0524 e. The monoisotopic (exact) mass is 234 g/mol. The first-order valence-corrected chi connectivity index (χ1v) is 6.04. The molecule has 16 heavy (non-hydrogen) atoms. The molecule has 0 aliphatic carbocycles. The quantitative estimate of drug-likeness (QED) is 0.236. The highest BCUT2D eigenvalue weighted by atomic mass is 16.8. The van der Waals surface area contributed by atoms with E-state index in [9.17, 15) is 0 Å². The number of rotatable bonds is 12. The Morgan fingerprint density at radius 2 is 1.31 bits per heavy atom. The summed E-state index contributed by atoms with van der Waals surface area (Å²) in [5, 5.41) is 23.7. The SMILES string of the molecule is NCCCNCCCCNCCCN(O)O. The zero-order valence-electron chi connectivity index (χ0n) is 9.99. The molecular weight excluding hydrogens is 208 g/mol.